The molecule has 0 aromatic carbocycles. The number of ether oxygens (including phenoxy) is 1. The number of hydrogen-bond donors (Lipinski definition) is 2. The van der Waals surface area contributed by atoms with E-state index in [1.54, 1.807) is 0 Å². The maximum absolute atomic E-state index is 11.6. The van der Waals surface area contributed by atoms with Gasteiger partial charge in [0.1, 0.15) is 5.54 Å². The van der Waals surface area contributed by atoms with Gasteiger partial charge in [-0.3, -0.25) is 9.59 Å². The van der Waals surface area contributed by atoms with Gasteiger partial charge in [0.05, 0.1) is 12.5 Å². The monoisotopic (exact) mass is 212 g/mol. The Kier molecular flexibility index (Phi) is 2.65. The molecule has 1 aliphatic heterocycles. The first-order valence-corrected chi connectivity index (χ1v) is 5.35. The van der Waals surface area contributed by atoms with E-state index >= 15 is 0 Å². The largest absolute Gasteiger partial charge is 0.378 e. The van der Waals surface area contributed by atoms with Crippen LogP contribution in [0.3, 0.4) is 0 Å². The van der Waals surface area contributed by atoms with Crippen LogP contribution in [0.1, 0.15) is 32.1 Å². The topological polar surface area (TPSA) is 81.4 Å². The number of primary amides is 1. The third kappa shape index (κ3) is 2.28. The van der Waals surface area contributed by atoms with E-state index in [0.717, 1.165) is 19.4 Å². The van der Waals surface area contributed by atoms with Gasteiger partial charge in [-0.15, -0.1) is 0 Å². The van der Waals surface area contributed by atoms with Crippen LogP contribution in [0.15, 0.2) is 0 Å². The predicted molar refractivity (Wildman–Crippen MR) is 52.9 cm³/mol. The van der Waals surface area contributed by atoms with Crippen molar-refractivity contribution in [3.63, 3.8) is 0 Å². The van der Waals surface area contributed by atoms with Gasteiger partial charge in [0.2, 0.25) is 11.8 Å². The number of hydrogen-bond acceptors (Lipinski definition) is 3. The second-order valence-electron chi connectivity index (χ2n) is 4.33. The average molecular weight is 212 g/mol. The fraction of sp³-hybridized carbons (Fsp3) is 0.800. The molecule has 5 nitrogen and oxygen atoms in total. The van der Waals surface area contributed by atoms with Gasteiger partial charge in [0.25, 0.3) is 0 Å². The van der Waals surface area contributed by atoms with Gasteiger partial charge in [-0.2, -0.15) is 0 Å². The first-order chi connectivity index (χ1) is 7.12. The molecule has 1 heterocycles. The molecule has 0 aromatic rings. The van der Waals surface area contributed by atoms with Crippen molar-refractivity contribution in [1.82, 2.24) is 5.32 Å². The summed E-state index contributed by atoms with van der Waals surface area (Å²) in [6.45, 7) is 0.735. The van der Waals surface area contributed by atoms with Crippen LogP contribution >= 0.6 is 0 Å². The average Bonchev–Trinajstić information content (AvgIpc) is 2.75. The molecule has 1 atom stereocenters. The summed E-state index contributed by atoms with van der Waals surface area (Å²) < 4.78 is 5.34. The highest BCUT2D eigenvalue weighted by atomic mass is 16.5. The molecule has 2 aliphatic rings. The highest BCUT2D eigenvalue weighted by molar-refractivity contribution is 5.93. The zero-order valence-electron chi connectivity index (χ0n) is 8.62. The second-order valence-corrected chi connectivity index (χ2v) is 4.33. The SMILES string of the molecule is NC(=O)C1(NC(=O)CC2CCCO2)CC1. The van der Waals surface area contributed by atoms with Crippen LogP contribution < -0.4 is 11.1 Å². The molecule has 0 bridgehead atoms. The van der Waals surface area contributed by atoms with E-state index in [4.69, 9.17) is 10.5 Å². The molecule has 1 saturated heterocycles. The Labute approximate surface area is 88.3 Å². The lowest BCUT2D eigenvalue weighted by molar-refractivity contribution is -0.129. The number of carbonyl (C=O) groups excluding carboxylic acids is 2. The molecular formula is C10H16N2O3. The molecule has 0 radical (unpaired) electrons. The maximum Gasteiger partial charge on any atom is 0.243 e. The first-order valence-electron chi connectivity index (χ1n) is 5.35. The minimum Gasteiger partial charge on any atom is -0.378 e. The van der Waals surface area contributed by atoms with Crippen LogP contribution in [-0.4, -0.2) is 30.1 Å². The Morgan fingerprint density at radius 2 is 2.20 bits per heavy atom. The van der Waals surface area contributed by atoms with Crippen LogP contribution in [0, 0.1) is 0 Å². The van der Waals surface area contributed by atoms with Crippen molar-refractivity contribution in [2.45, 2.75) is 43.7 Å². The van der Waals surface area contributed by atoms with Gasteiger partial charge in [0, 0.05) is 6.61 Å². The van der Waals surface area contributed by atoms with E-state index in [1.807, 2.05) is 0 Å². The lowest BCUT2D eigenvalue weighted by Gasteiger charge is -2.15. The molecule has 0 aromatic heterocycles. The Bertz CT molecular complexity index is 280. The summed E-state index contributed by atoms with van der Waals surface area (Å²) in [6, 6.07) is 0. The second kappa shape index (κ2) is 3.81. The molecule has 2 rings (SSSR count). The third-order valence-electron chi connectivity index (χ3n) is 3.04. The zero-order chi connectivity index (χ0) is 10.9. The zero-order valence-corrected chi connectivity index (χ0v) is 8.62. The molecule has 5 heteroatoms. The van der Waals surface area contributed by atoms with E-state index < -0.39 is 11.4 Å². The Morgan fingerprint density at radius 3 is 2.67 bits per heavy atom. The molecule has 2 amide bonds. The van der Waals surface area contributed by atoms with Crippen molar-refractivity contribution in [1.29, 1.82) is 0 Å². The van der Waals surface area contributed by atoms with Crippen LogP contribution in [-0.2, 0) is 14.3 Å². The highest BCUT2D eigenvalue weighted by Gasteiger charge is 2.49. The Morgan fingerprint density at radius 1 is 1.47 bits per heavy atom. The van der Waals surface area contributed by atoms with Crippen molar-refractivity contribution in [2.75, 3.05) is 6.61 Å². The first kappa shape index (κ1) is 10.4. The van der Waals surface area contributed by atoms with E-state index in [2.05, 4.69) is 5.32 Å². The molecule has 1 unspecified atom stereocenters. The fourth-order valence-electron chi connectivity index (χ4n) is 1.89. The van der Waals surface area contributed by atoms with Crippen molar-refractivity contribution < 1.29 is 14.3 Å². The van der Waals surface area contributed by atoms with Gasteiger partial charge in [0.15, 0.2) is 0 Å². The molecule has 2 fully saturated rings. The summed E-state index contributed by atoms with van der Waals surface area (Å²) in [4.78, 5) is 22.6. The summed E-state index contributed by atoms with van der Waals surface area (Å²) in [5.74, 6) is -0.554. The minimum absolute atomic E-state index is 0.0219. The third-order valence-corrected chi connectivity index (χ3v) is 3.04. The van der Waals surface area contributed by atoms with Crippen molar-refractivity contribution in [2.24, 2.45) is 5.73 Å². The Hall–Kier alpha value is -1.10. The smallest absolute Gasteiger partial charge is 0.243 e. The summed E-state index contributed by atoms with van der Waals surface area (Å²) in [7, 11) is 0. The minimum atomic E-state index is -0.740. The number of rotatable bonds is 4. The van der Waals surface area contributed by atoms with Crippen molar-refractivity contribution >= 4 is 11.8 Å². The maximum atomic E-state index is 11.6. The lowest BCUT2D eigenvalue weighted by Crippen LogP contribution is -2.47. The summed E-state index contributed by atoms with van der Waals surface area (Å²) in [5.41, 5.74) is 4.46. The standard InChI is InChI=1S/C10H16N2O3/c11-9(14)10(3-4-10)12-8(13)6-7-2-1-5-15-7/h7H,1-6H2,(H2,11,14)(H,12,13). The highest BCUT2D eigenvalue weighted by Crippen LogP contribution is 2.35. The molecule has 1 aliphatic carbocycles. The summed E-state index contributed by atoms with van der Waals surface area (Å²) in [6.07, 6.45) is 3.64. The molecule has 1 saturated carbocycles. The van der Waals surface area contributed by atoms with Crippen LogP contribution in [0.5, 0.6) is 0 Å². The predicted octanol–water partition coefficient (Wildman–Crippen LogP) is -0.310. The fourth-order valence-corrected chi connectivity index (χ4v) is 1.89. The van der Waals surface area contributed by atoms with Crippen molar-refractivity contribution in [3.05, 3.63) is 0 Å². The van der Waals surface area contributed by atoms with Crippen LogP contribution in [0.4, 0.5) is 0 Å². The number of amides is 2. The van der Waals surface area contributed by atoms with Crippen LogP contribution in [0.2, 0.25) is 0 Å². The van der Waals surface area contributed by atoms with Gasteiger partial charge in [-0.05, 0) is 25.7 Å². The van der Waals surface area contributed by atoms with Crippen LogP contribution in [0.25, 0.3) is 0 Å². The van der Waals surface area contributed by atoms with Gasteiger partial charge in [-0.25, -0.2) is 0 Å². The van der Waals surface area contributed by atoms with Gasteiger partial charge < -0.3 is 15.8 Å². The Balaban J connectivity index is 1.79. The normalized spacial score (nSPS) is 27.3. The molecule has 0 spiro atoms. The number of nitrogens with two attached hydrogens (primary N) is 1. The molecule has 84 valence electrons. The summed E-state index contributed by atoms with van der Waals surface area (Å²) >= 11 is 0. The number of carbonyl (C=O) groups is 2. The molecule has 3 N–H and O–H groups in total. The van der Waals surface area contributed by atoms with Gasteiger partial charge in [-0.1, -0.05) is 0 Å². The molecule has 15 heavy (non-hydrogen) atoms. The summed E-state index contributed by atoms with van der Waals surface area (Å²) in [5, 5.41) is 2.70. The van der Waals surface area contributed by atoms with E-state index in [-0.39, 0.29) is 12.0 Å². The van der Waals surface area contributed by atoms with Gasteiger partial charge >= 0.3 is 0 Å². The van der Waals surface area contributed by atoms with E-state index in [9.17, 15) is 9.59 Å². The van der Waals surface area contributed by atoms with E-state index in [0.29, 0.717) is 19.3 Å². The quantitative estimate of drug-likeness (QED) is 0.670. The molecular weight excluding hydrogens is 196 g/mol. The van der Waals surface area contributed by atoms with E-state index in [1.165, 1.54) is 0 Å². The number of nitrogens with one attached hydrogen (secondary N) is 1. The van der Waals surface area contributed by atoms with Crippen molar-refractivity contribution in [3.8, 4) is 0 Å². The lowest BCUT2D eigenvalue weighted by atomic mass is 10.1.